The maximum absolute atomic E-state index is 12.9. The highest BCUT2D eigenvalue weighted by atomic mass is 32.2. The molecule has 0 radical (unpaired) electrons. The van der Waals surface area contributed by atoms with Crippen LogP contribution >= 0.6 is 23.1 Å². The minimum Gasteiger partial charge on any atom is -0.340 e. The van der Waals surface area contributed by atoms with Gasteiger partial charge in [0.05, 0.1) is 5.25 Å². The van der Waals surface area contributed by atoms with Crippen LogP contribution in [0.4, 0.5) is 0 Å². The first-order valence-electron chi connectivity index (χ1n) is 9.53. The number of carbonyl (C=O) groups excluding carboxylic acids is 1. The molecule has 5 nitrogen and oxygen atoms in total. The van der Waals surface area contributed by atoms with E-state index >= 15 is 0 Å². The van der Waals surface area contributed by atoms with Gasteiger partial charge in [0.2, 0.25) is 5.91 Å². The standard InChI is InChI=1S/C21H24N4OS2/c1-15(20(26)24(2)14-16-7-4-3-5-8-16)28-21-23-22-19(25(21)17-10-11-17)13-18-9-6-12-27-18/h3-9,12,15,17H,10-11,13-14H2,1-2H3/t15-/m1/s1. The van der Waals surface area contributed by atoms with E-state index in [0.717, 1.165) is 23.0 Å². The summed E-state index contributed by atoms with van der Waals surface area (Å²) in [6.07, 6.45) is 3.14. The Balaban J connectivity index is 1.44. The number of rotatable bonds is 8. The first-order valence-corrected chi connectivity index (χ1v) is 11.3. The Hall–Kier alpha value is -2.12. The Kier molecular flexibility index (Phi) is 5.82. The van der Waals surface area contributed by atoms with Crippen molar-refractivity contribution in [3.63, 3.8) is 0 Å². The van der Waals surface area contributed by atoms with Gasteiger partial charge in [-0.25, -0.2) is 0 Å². The Bertz CT molecular complexity index is 919. The van der Waals surface area contributed by atoms with Gasteiger partial charge in [-0.05, 0) is 36.8 Å². The molecule has 1 aromatic carbocycles. The Labute approximate surface area is 173 Å². The number of hydrogen-bond donors (Lipinski definition) is 0. The number of aromatic nitrogens is 3. The van der Waals surface area contributed by atoms with E-state index in [9.17, 15) is 4.79 Å². The van der Waals surface area contributed by atoms with Gasteiger partial charge in [-0.1, -0.05) is 48.2 Å². The van der Waals surface area contributed by atoms with Gasteiger partial charge in [-0.15, -0.1) is 21.5 Å². The zero-order valence-corrected chi connectivity index (χ0v) is 17.7. The van der Waals surface area contributed by atoms with Crippen molar-refractivity contribution in [2.24, 2.45) is 0 Å². The van der Waals surface area contributed by atoms with Crippen LogP contribution in [0.2, 0.25) is 0 Å². The van der Waals surface area contributed by atoms with Crippen molar-refractivity contribution >= 4 is 29.0 Å². The summed E-state index contributed by atoms with van der Waals surface area (Å²) in [5, 5.41) is 11.6. The molecule has 1 fully saturated rings. The van der Waals surface area contributed by atoms with Crippen LogP contribution in [0.5, 0.6) is 0 Å². The highest BCUT2D eigenvalue weighted by Gasteiger charge is 2.31. The molecule has 0 aliphatic heterocycles. The molecule has 28 heavy (non-hydrogen) atoms. The molecule has 7 heteroatoms. The maximum Gasteiger partial charge on any atom is 0.235 e. The summed E-state index contributed by atoms with van der Waals surface area (Å²) in [5.74, 6) is 1.11. The molecule has 4 rings (SSSR count). The number of thioether (sulfide) groups is 1. The zero-order valence-electron chi connectivity index (χ0n) is 16.1. The summed E-state index contributed by atoms with van der Waals surface area (Å²) >= 11 is 3.26. The molecule has 0 unspecified atom stereocenters. The van der Waals surface area contributed by atoms with Crippen molar-refractivity contribution in [3.05, 3.63) is 64.1 Å². The van der Waals surface area contributed by atoms with E-state index in [1.165, 1.54) is 29.5 Å². The van der Waals surface area contributed by atoms with Crippen molar-refractivity contribution < 1.29 is 4.79 Å². The number of thiophene rings is 1. The first-order chi connectivity index (χ1) is 13.6. The lowest BCUT2D eigenvalue weighted by Gasteiger charge is -2.21. The van der Waals surface area contributed by atoms with Crippen LogP contribution in [-0.4, -0.2) is 37.9 Å². The Morgan fingerprint density at radius 3 is 2.71 bits per heavy atom. The minimum absolute atomic E-state index is 0.110. The highest BCUT2D eigenvalue weighted by Crippen LogP contribution is 2.40. The zero-order chi connectivity index (χ0) is 19.5. The fourth-order valence-corrected chi connectivity index (χ4v) is 4.99. The van der Waals surface area contributed by atoms with E-state index in [1.54, 1.807) is 16.2 Å². The monoisotopic (exact) mass is 412 g/mol. The van der Waals surface area contributed by atoms with Crippen molar-refractivity contribution in [1.82, 2.24) is 19.7 Å². The molecule has 1 saturated carbocycles. The number of benzene rings is 1. The van der Waals surface area contributed by atoms with E-state index in [0.29, 0.717) is 12.6 Å². The molecule has 0 saturated heterocycles. The average molecular weight is 413 g/mol. The van der Waals surface area contributed by atoms with Crippen LogP contribution in [0, 0.1) is 0 Å². The van der Waals surface area contributed by atoms with Gasteiger partial charge in [0, 0.05) is 30.9 Å². The smallest absolute Gasteiger partial charge is 0.235 e. The van der Waals surface area contributed by atoms with Gasteiger partial charge in [0.1, 0.15) is 5.82 Å². The second kappa shape index (κ2) is 8.49. The van der Waals surface area contributed by atoms with Gasteiger partial charge < -0.3 is 9.47 Å². The third kappa shape index (κ3) is 4.47. The lowest BCUT2D eigenvalue weighted by Crippen LogP contribution is -2.33. The van der Waals surface area contributed by atoms with Crippen LogP contribution in [0.15, 0.2) is 53.0 Å². The van der Waals surface area contributed by atoms with Gasteiger partial charge in [-0.2, -0.15) is 0 Å². The van der Waals surface area contributed by atoms with Crippen molar-refractivity contribution in [3.8, 4) is 0 Å². The van der Waals surface area contributed by atoms with Crippen LogP contribution in [0.3, 0.4) is 0 Å². The van der Waals surface area contributed by atoms with E-state index in [-0.39, 0.29) is 11.2 Å². The topological polar surface area (TPSA) is 51.0 Å². The molecule has 2 aromatic heterocycles. The van der Waals surface area contributed by atoms with Gasteiger partial charge >= 0.3 is 0 Å². The van der Waals surface area contributed by atoms with Crippen molar-refractivity contribution in [2.45, 2.75) is 49.2 Å². The molecule has 3 aromatic rings. The predicted octanol–water partition coefficient (Wildman–Crippen LogP) is 4.40. The molecule has 146 valence electrons. The molecule has 1 aliphatic rings. The molecule has 1 aliphatic carbocycles. The third-order valence-electron chi connectivity index (χ3n) is 4.83. The summed E-state index contributed by atoms with van der Waals surface area (Å²) in [5.41, 5.74) is 1.13. The molecule has 1 atom stereocenters. The number of hydrogen-bond acceptors (Lipinski definition) is 5. The average Bonchev–Trinajstić information content (AvgIpc) is 3.26. The van der Waals surface area contributed by atoms with E-state index < -0.39 is 0 Å². The third-order valence-corrected chi connectivity index (χ3v) is 6.75. The van der Waals surface area contributed by atoms with Crippen LogP contribution < -0.4 is 0 Å². The highest BCUT2D eigenvalue weighted by molar-refractivity contribution is 8.00. The van der Waals surface area contributed by atoms with Crippen LogP contribution in [-0.2, 0) is 17.8 Å². The summed E-state index contributed by atoms with van der Waals surface area (Å²) in [7, 11) is 1.86. The van der Waals surface area contributed by atoms with Gasteiger partial charge in [0.15, 0.2) is 5.16 Å². The maximum atomic E-state index is 12.9. The molecule has 0 N–H and O–H groups in total. The second-order valence-corrected chi connectivity index (χ2v) is 9.54. The minimum atomic E-state index is -0.204. The molecular weight excluding hydrogens is 388 g/mol. The quantitative estimate of drug-likeness (QED) is 0.515. The number of nitrogens with zero attached hydrogens (tertiary/aromatic N) is 4. The first kappa shape index (κ1) is 19.2. The fourth-order valence-electron chi connectivity index (χ4n) is 3.23. The molecular formula is C21H24N4OS2. The van der Waals surface area contributed by atoms with Gasteiger partial charge in [-0.3, -0.25) is 4.79 Å². The lowest BCUT2D eigenvalue weighted by molar-refractivity contribution is -0.129. The number of amides is 1. The van der Waals surface area contributed by atoms with Crippen LogP contribution in [0.1, 0.15) is 42.1 Å². The normalized spacial score (nSPS) is 14.8. The molecule has 2 heterocycles. The predicted molar refractivity (Wildman–Crippen MR) is 114 cm³/mol. The molecule has 1 amide bonds. The number of carbonyl (C=O) groups is 1. The van der Waals surface area contributed by atoms with E-state index in [4.69, 9.17) is 0 Å². The van der Waals surface area contributed by atoms with Crippen LogP contribution in [0.25, 0.3) is 0 Å². The van der Waals surface area contributed by atoms with Crippen molar-refractivity contribution in [1.29, 1.82) is 0 Å². The van der Waals surface area contributed by atoms with E-state index in [2.05, 4.69) is 32.3 Å². The summed E-state index contributed by atoms with van der Waals surface area (Å²) in [4.78, 5) is 15.9. The molecule has 0 bridgehead atoms. The summed E-state index contributed by atoms with van der Waals surface area (Å²) < 4.78 is 2.26. The summed E-state index contributed by atoms with van der Waals surface area (Å²) in [6, 6.07) is 14.8. The molecule has 0 spiro atoms. The Morgan fingerprint density at radius 2 is 2.04 bits per heavy atom. The SMILES string of the molecule is C[C@@H](Sc1nnc(Cc2cccs2)n1C1CC1)C(=O)N(C)Cc1ccccc1. The van der Waals surface area contributed by atoms with Gasteiger partial charge in [0.25, 0.3) is 0 Å². The Morgan fingerprint density at radius 1 is 1.25 bits per heavy atom. The van der Waals surface area contributed by atoms with Crippen molar-refractivity contribution in [2.75, 3.05) is 7.05 Å². The fraction of sp³-hybridized carbons (Fsp3) is 0.381. The van der Waals surface area contributed by atoms with E-state index in [1.807, 2.05) is 44.3 Å². The summed E-state index contributed by atoms with van der Waals surface area (Å²) in [6.45, 7) is 2.57. The lowest BCUT2D eigenvalue weighted by atomic mass is 10.2. The second-order valence-electron chi connectivity index (χ2n) is 7.20. The largest absolute Gasteiger partial charge is 0.340 e.